The van der Waals surface area contributed by atoms with Gasteiger partial charge in [0.15, 0.2) is 0 Å². The van der Waals surface area contributed by atoms with E-state index in [0.29, 0.717) is 19.3 Å². The third kappa shape index (κ3) is 5.97. The number of nitrogens with one attached hydrogen (secondary N) is 1. The number of hydrogen-bond acceptors (Lipinski definition) is 5. The lowest BCUT2D eigenvalue weighted by Gasteiger charge is -2.34. The molecule has 0 aromatic heterocycles. The number of esters is 1. The van der Waals surface area contributed by atoms with E-state index in [2.05, 4.69) is 5.32 Å². The summed E-state index contributed by atoms with van der Waals surface area (Å²) in [6.45, 7) is 10.7. The molecule has 27 heavy (non-hydrogen) atoms. The smallest absolute Gasteiger partial charge is 0.408 e. The molecule has 2 amide bonds. The third-order valence-electron chi connectivity index (χ3n) is 4.37. The predicted octanol–water partition coefficient (Wildman–Crippen LogP) is 2.93. The van der Waals surface area contributed by atoms with Crippen molar-refractivity contribution < 1.29 is 23.9 Å². The van der Waals surface area contributed by atoms with Crippen LogP contribution in [0.15, 0.2) is 12.2 Å². The van der Waals surface area contributed by atoms with Crippen LogP contribution in [-0.2, 0) is 19.1 Å². The number of carbonyl (C=O) groups excluding carboxylic acids is 3. The van der Waals surface area contributed by atoms with Crippen molar-refractivity contribution in [2.45, 2.75) is 96.6 Å². The summed E-state index contributed by atoms with van der Waals surface area (Å²) in [7, 11) is 0. The van der Waals surface area contributed by atoms with Gasteiger partial charge in [-0.3, -0.25) is 4.79 Å². The van der Waals surface area contributed by atoms with E-state index in [4.69, 9.17) is 9.47 Å². The van der Waals surface area contributed by atoms with E-state index in [1.165, 1.54) is 0 Å². The molecule has 152 valence electrons. The molecule has 7 heteroatoms. The minimum Gasteiger partial charge on any atom is -0.458 e. The molecule has 1 saturated heterocycles. The fourth-order valence-corrected chi connectivity index (χ4v) is 3.39. The highest BCUT2D eigenvalue weighted by Crippen LogP contribution is 2.31. The summed E-state index contributed by atoms with van der Waals surface area (Å²) in [5.74, 6) is -0.650. The first-order valence-corrected chi connectivity index (χ1v) is 9.57. The molecule has 0 aromatic carbocycles. The van der Waals surface area contributed by atoms with E-state index < -0.39 is 29.4 Å². The summed E-state index contributed by atoms with van der Waals surface area (Å²) >= 11 is 0. The van der Waals surface area contributed by atoms with Gasteiger partial charge in [-0.15, -0.1) is 0 Å². The fraction of sp³-hybridized carbons (Fsp3) is 0.750. The van der Waals surface area contributed by atoms with Crippen LogP contribution in [0.1, 0.15) is 67.2 Å². The van der Waals surface area contributed by atoms with Gasteiger partial charge in [0.2, 0.25) is 5.91 Å². The monoisotopic (exact) mass is 380 g/mol. The first-order valence-electron chi connectivity index (χ1n) is 9.57. The van der Waals surface area contributed by atoms with Crippen molar-refractivity contribution in [1.29, 1.82) is 0 Å². The molecule has 1 N–H and O–H groups in total. The third-order valence-corrected chi connectivity index (χ3v) is 4.37. The molecule has 0 saturated carbocycles. The van der Waals surface area contributed by atoms with Crippen LogP contribution in [0.5, 0.6) is 0 Å². The van der Waals surface area contributed by atoms with Crippen molar-refractivity contribution in [3.8, 4) is 0 Å². The van der Waals surface area contributed by atoms with E-state index >= 15 is 0 Å². The molecule has 0 unspecified atom stereocenters. The van der Waals surface area contributed by atoms with Gasteiger partial charge in [-0.25, -0.2) is 9.59 Å². The number of nitrogens with zero attached hydrogens (tertiary/aromatic N) is 1. The zero-order valence-corrected chi connectivity index (χ0v) is 17.2. The minimum absolute atomic E-state index is 0.0606. The van der Waals surface area contributed by atoms with E-state index in [9.17, 15) is 14.4 Å². The van der Waals surface area contributed by atoms with E-state index in [0.717, 1.165) is 6.42 Å². The molecule has 2 heterocycles. The average molecular weight is 380 g/mol. The Kier molecular flexibility index (Phi) is 6.22. The van der Waals surface area contributed by atoms with Gasteiger partial charge in [0.25, 0.3) is 0 Å². The van der Waals surface area contributed by atoms with Gasteiger partial charge < -0.3 is 19.7 Å². The van der Waals surface area contributed by atoms with Crippen molar-refractivity contribution in [3.05, 3.63) is 12.2 Å². The molecule has 2 aliphatic rings. The van der Waals surface area contributed by atoms with Gasteiger partial charge in [0.1, 0.15) is 23.3 Å². The molecule has 3 atom stereocenters. The van der Waals surface area contributed by atoms with Gasteiger partial charge in [-0.2, -0.15) is 0 Å². The van der Waals surface area contributed by atoms with E-state index in [-0.39, 0.29) is 17.9 Å². The Labute approximate surface area is 161 Å². The molecule has 0 radical (unpaired) electrons. The Morgan fingerprint density at radius 1 is 1.00 bits per heavy atom. The summed E-state index contributed by atoms with van der Waals surface area (Å²) in [5, 5.41) is 2.66. The van der Waals surface area contributed by atoms with Gasteiger partial charge in [0.05, 0.1) is 0 Å². The van der Waals surface area contributed by atoms with Crippen LogP contribution in [0.3, 0.4) is 0 Å². The van der Waals surface area contributed by atoms with E-state index in [1.807, 2.05) is 32.9 Å². The van der Waals surface area contributed by atoms with Gasteiger partial charge >= 0.3 is 12.1 Å². The van der Waals surface area contributed by atoms with E-state index in [1.54, 1.807) is 25.7 Å². The highest BCUT2D eigenvalue weighted by atomic mass is 16.6. The Hall–Kier alpha value is -2.05. The molecular formula is C20H32N2O5. The van der Waals surface area contributed by atoms with Crippen LogP contribution >= 0.6 is 0 Å². The Bertz CT molecular complexity index is 615. The Morgan fingerprint density at radius 2 is 1.59 bits per heavy atom. The molecule has 0 aromatic rings. The maximum atomic E-state index is 13.2. The fourth-order valence-electron chi connectivity index (χ4n) is 3.39. The van der Waals surface area contributed by atoms with Crippen LogP contribution in [0.4, 0.5) is 4.79 Å². The lowest BCUT2D eigenvalue weighted by molar-refractivity contribution is -0.164. The number of fused-ring (bicyclic) bond motifs is 1. The van der Waals surface area contributed by atoms with Crippen LogP contribution < -0.4 is 5.32 Å². The van der Waals surface area contributed by atoms with Crippen molar-refractivity contribution >= 4 is 18.0 Å². The van der Waals surface area contributed by atoms with Gasteiger partial charge in [-0.1, -0.05) is 12.2 Å². The summed E-state index contributed by atoms with van der Waals surface area (Å²) in [5.41, 5.74) is -1.27. The maximum absolute atomic E-state index is 13.2. The normalized spacial score (nSPS) is 27.3. The second-order valence-electron chi connectivity index (χ2n) is 9.17. The zero-order chi connectivity index (χ0) is 20.4. The Balaban J connectivity index is 2.17. The summed E-state index contributed by atoms with van der Waals surface area (Å²) in [6, 6.07) is -1.44. The molecule has 0 bridgehead atoms. The number of alkyl carbamates (subject to hydrolysis) is 1. The second kappa shape index (κ2) is 7.90. The first kappa shape index (κ1) is 21.3. The van der Waals surface area contributed by atoms with Gasteiger partial charge in [-0.05, 0) is 67.2 Å². The molecular weight excluding hydrogens is 348 g/mol. The number of rotatable bonds is 2. The molecule has 0 spiro atoms. The number of amides is 2. The minimum atomic E-state index is -0.762. The van der Waals surface area contributed by atoms with Crippen LogP contribution in [0, 0.1) is 0 Å². The Morgan fingerprint density at radius 3 is 2.19 bits per heavy atom. The highest BCUT2D eigenvalue weighted by Gasteiger charge is 2.45. The molecule has 1 fully saturated rings. The summed E-state index contributed by atoms with van der Waals surface area (Å²) in [4.78, 5) is 39.6. The standard InChI is InChI=1S/C20H32N2O5/c1-19(2,3)26-17(24)15-12-11-13-9-7-8-10-14(16(23)22(13)15)21-18(25)27-20(4,5)6/h7-8,13-15H,9-12H2,1-6H3,(H,21,25)/b8-7-/t13-,14+,15+/m1/s1. The molecule has 2 aliphatic heterocycles. The first-order chi connectivity index (χ1) is 12.4. The topological polar surface area (TPSA) is 84.9 Å². The molecule has 2 rings (SSSR count). The second-order valence-corrected chi connectivity index (χ2v) is 9.17. The van der Waals surface area contributed by atoms with Crippen molar-refractivity contribution in [3.63, 3.8) is 0 Å². The van der Waals surface area contributed by atoms with Crippen LogP contribution in [0.25, 0.3) is 0 Å². The SMILES string of the molecule is CC(C)(C)OC(=O)N[C@H]1C/C=C\C[C@@H]2CC[C@@H](C(=O)OC(C)(C)C)N2C1=O. The number of ether oxygens (including phenoxy) is 2. The predicted molar refractivity (Wildman–Crippen MR) is 101 cm³/mol. The lowest BCUT2D eigenvalue weighted by Crippen LogP contribution is -2.55. The van der Waals surface area contributed by atoms with Crippen LogP contribution in [0.2, 0.25) is 0 Å². The van der Waals surface area contributed by atoms with Crippen molar-refractivity contribution in [2.24, 2.45) is 0 Å². The average Bonchev–Trinajstić information content (AvgIpc) is 2.88. The largest absolute Gasteiger partial charge is 0.458 e. The number of carbonyl (C=O) groups is 3. The molecule has 0 aliphatic carbocycles. The summed E-state index contributed by atoms with van der Waals surface area (Å²) in [6.07, 6.45) is 5.63. The number of hydrogen-bond donors (Lipinski definition) is 1. The quantitative estimate of drug-likeness (QED) is 0.588. The van der Waals surface area contributed by atoms with Crippen molar-refractivity contribution in [1.82, 2.24) is 10.2 Å². The highest BCUT2D eigenvalue weighted by molar-refractivity contribution is 5.91. The van der Waals surface area contributed by atoms with Crippen LogP contribution in [-0.4, -0.2) is 52.2 Å². The maximum Gasteiger partial charge on any atom is 0.408 e. The zero-order valence-electron chi connectivity index (χ0n) is 17.2. The van der Waals surface area contributed by atoms with Crippen molar-refractivity contribution in [2.75, 3.05) is 0 Å². The lowest BCUT2D eigenvalue weighted by atomic mass is 10.0. The van der Waals surface area contributed by atoms with Gasteiger partial charge in [0, 0.05) is 6.04 Å². The molecule has 7 nitrogen and oxygen atoms in total. The summed E-state index contributed by atoms with van der Waals surface area (Å²) < 4.78 is 10.8.